The fourth-order valence-electron chi connectivity index (χ4n) is 3.13. The van der Waals surface area contributed by atoms with Crippen LogP contribution in [0, 0.1) is 0 Å². The average molecular weight is 348 g/mol. The number of halogens is 1. The first kappa shape index (κ1) is 16.9. The van der Waals surface area contributed by atoms with Gasteiger partial charge in [-0.3, -0.25) is 14.8 Å². The van der Waals surface area contributed by atoms with E-state index >= 15 is 0 Å². The van der Waals surface area contributed by atoms with Gasteiger partial charge in [0.1, 0.15) is 5.82 Å². The Morgan fingerprint density at radius 1 is 1.46 bits per heavy atom. The van der Waals surface area contributed by atoms with Gasteiger partial charge in [-0.2, -0.15) is 5.10 Å². The molecule has 7 heteroatoms. The molecule has 0 saturated heterocycles. The Balaban J connectivity index is 1.64. The number of hydrogen-bond acceptors (Lipinski definition) is 4. The van der Waals surface area contributed by atoms with Crippen LogP contribution in [0.5, 0.6) is 0 Å². The Morgan fingerprint density at radius 2 is 2.29 bits per heavy atom. The lowest BCUT2D eigenvalue weighted by Crippen LogP contribution is -2.41. The number of rotatable bonds is 5. The van der Waals surface area contributed by atoms with Crippen LogP contribution in [0.25, 0.3) is 0 Å². The molecule has 0 aromatic carbocycles. The summed E-state index contributed by atoms with van der Waals surface area (Å²) in [6.07, 6.45) is 6.61. The smallest absolute Gasteiger partial charge is 0.242 e. The lowest BCUT2D eigenvalue weighted by Gasteiger charge is -2.27. The summed E-state index contributed by atoms with van der Waals surface area (Å²) < 4.78 is 2.05. The van der Waals surface area contributed by atoms with Gasteiger partial charge in [0.15, 0.2) is 0 Å². The average Bonchev–Trinajstić information content (AvgIpc) is 3.01. The summed E-state index contributed by atoms with van der Waals surface area (Å²) in [4.78, 5) is 16.5. The standard InChI is InChI=1S/C17H22ClN5O/c1-3-23-15-6-4-5-14(13(15)10-20-23)21-11(2)17(24)22-16-8-7-12(18)9-19-16/h7-11,14,21H,3-6H2,1-2H3,(H,19,22,24)/t11-,14-/m0/s1. The molecule has 0 spiro atoms. The normalized spacial score (nSPS) is 18.0. The predicted molar refractivity (Wildman–Crippen MR) is 94.1 cm³/mol. The molecule has 0 saturated carbocycles. The number of nitrogens with zero attached hydrogens (tertiary/aromatic N) is 3. The number of nitrogens with one attached hydrogen (secondary N) is 2. The molecule has 1 amide bonds. The van der Waals surface area contributed by atoms with Crippen LogP contribution in [0.1, 0.15) is 44.0 Å². The van der Waals surface area contributed by atoms with E-state index in [1.54, 1.807) is 12.1 Å². The second-order valence-electron chi connectivity index (χ2n) is 6.05. The Morgan fingerprint density at radius 3 is 3.00 bits per heavy atom. The van der Waals surface area contributed by atoms with Crippen LogP contribution in [0.15, 0.2) is 24.5 Å². The number of fused-ring (bicyclic) bond motifs is 1. The monoisotopic (exact) mass is 347 g/mol. The molecule has 3 rings (SSSR count). The molecule has 2 atom stereocenters. The molecule has 0 aliphatic heterocycles. The summed E-state index contributed by atoms with van der Waals surface area (Å²) >= 11 is 5.81. The molecule has 1 aliphatic carbocycles. The van der Waals surface area contributed by atoms with Gasteiger partial charge in [0.25, 0.3) is 0 Å². The maximum atomic E-state index is 12.4. The van der Waals surface area contributed by atoms with Crippen LogP contribution < -0.4 is 10.6 Å². The van der Waals surface area contributed by atoms with Crippen LogP contribution in [-0.2, 0) is 17.8 Å². The summed E-state index contributed by atoms with van der Waals surface area (Å²) in [5.74, 6) is 0.390. The third kappa shape index (κ3) is 3.60. The van der Waals surface area contributed by atoms with Gasteiger partial charge >= 0.3 is 0 Å². The summed E-state index contributed by atoms with van der Waals surface area (Å²) in [5.41, 5.74) is 2.50. The number of anilines is 1. The number of carbonyl (C=O) groups is 1. The van der Waals surface area contributed by atoms with Crippen molar-refractivity contribution in [1.29, 1.82) is 0 Å². The van der Waals surface area contributed by atoms with Crippen molar-refractivity contribution in [3.63, 3.8) is 0 Å². The third-order valence-corrected chi connectivity index (χ3v) is 4.61. The van der Waals surface area contributed by atoms with Crippen molar-refractivity contribution in [1.82, 2.24) is 20.1 Å². The van der Waals surface area contributed by atoms with E-state index in [9.17, 15) is 4.79 Å². The Kier molecular flexibility index (Phi) is 5.16. The molecule has 0 bridgehead atoms. The predicted octanol–water partition coefficient (Wildman–Crippen LogP) is 2.95. The molecule has 1 aliphatic rings. The highest BCUT2D eigenvalue weighted by molar-refractivity contribution is 6.30. The van der Waals surface area contributed by atoms with Crippen LogP contribution in [-0.4, -0.2) is 26.7 Å². The number of aryl methyl sites for hydroxylation is 1. The number of aromatic nitrogens is 3. The number of carbonyl (C=O) groups excluding carboxylic acids is 1. The Hall–Kier alpha value is -1.92. The molecule has 6 nitrogen and oxygen atoms in total. The van der Waals surface area contributed by atoms with Gasteiger partial charge in [0, 0.05) is 30.0 Å². The zero-order valence-corrected chi connectivity index (χ0v) is 14.7. The third-order valence-electron chi connectivity index (χ3n) is 4.39. The van der Waals surface area contributed by atoms with Gasteiger partial charge in [0.05, 0.1) is 17.3 Å². The highest BCUT2D eigenvalue weighted by Crippen LogP contribution is 2.30. The second kappa shape index (κ2) is 7.32. The van der Waals surface area contributed by atoms with E-state index in [0.29, 0.717) is 10.8 Å². The Labute approximate surface area is 146 Å². The topological polar surface area (TPSA) is 71.8 Å². The highest BCUT2D eigenvalue weighted by Gasteiger charge is 2.26. The molecule has 2 aromatic heterocycles. The van der Waals surface area contributed by atoms with Crippen LogP contribution >= 0.6 is 11.6 Å². The number of hydrogen-bond donors (Lipinski definition) is 2. The zero-order chi connectivity index (χ0) is 17.1. The lowest BCUT2D eigenvalue weighted by atomic mass is 9.92. The van der Waals surface area contributed by atoms with Crippen molar-refractivity contribution < 1.29 is 4.79 Å². The summed E-state index contributed by atoms with van der Waals surface area (Å²) in [6.45, 7) is 4.84. The summed E-state index contributed by atoms with van der Waals surface area (Å²) in [7, 11) is 0. The van der Waals surface area contributed by atoms with Gasteiger partial charge < -0.3 is 5.32 Å². The summed E-state index contributed by atoms with van der Waals surface area (Å²) in [5, 5.41) is 11.2. The van der Waals surface area contributed by atoms with Crippen LogP contribution in [0.4, 0.5) is 5.82 Å². The zero-order valence-electron chi connectivity index (χ0n) is 13.9. The van der Waals surface area contributed by atoms with Crippen molar-refractivity contribution in [2.24, 2.45) is 0 Å². The first-order chi connectivity index (χ1) is 11.6. The summed E-state index contributed by atoms with van der Waals surface area (Å²) in [6, 6.07) is 3.22. The van der Waals surface area contributed by atoms with Gasteiger partial charge in [0.2, 0.25) is 5.91 Å². The Bertz CT molecular complexity index is 712. The lowest BCUT2D eigenvalue weighted by molar-refractivity contribution is -0.118. The fraction of sp³-hybridized carbons (Fsp3) is 0.471. The van der Waals surface area contributed by atoms with E-state index in [0.717, 1.165) is 25.8 Å². The first-order valence-corrected chi connectivity index (χ1v) is 8.69. The molecule has 2 N–H and O–H groups in total. The molecule has 128 valence electrons. The van der Waals surface area contributed by atoms with Gasteiger partial charge in [-0.05, 0) is 45.2 Å². The maximum Gasteiger partial charge on any atom is 0.242 e. The molecule has 0 radical (unpaired) electrons. The van der Waals surface area contributed by atoms with Crippen molar-refractivity contribution in [3.05, 3.63) is 40.8 Å². The minimum absolute atomic E-state index is 0.111. The molecule has 2 aromatic rings. The SMILES string of the molecule is CCn1ncc2c1CCC[C@@H]2N[C@@H](C)C(=O)Nc1ccc(Cl)cn1. The van der Waals surface area contributed by atoms with Crippen molar-refractivity contribution in [2.75, 3.05) is 5.32 Å². The van der Waals surface area contributed by atoms with Crippen molar-refractivity contribution in [3.8, 4) is 0 Å². The molecule has 24 heavy (non-hydrogen) atoms. The highest BCUT2D eigenvalue weighted by atomic mass is 35.5. The van der Waals surface area contributed by atoms with E-state index < -0.39 is 0 Å². The van der Waals surface area contributed by atoms with Gasteiger partial charge in [-0.25, -0.2) is 4.98 Å². The van der Waals surface area contributed by atoms with Crippen molar-refractivity contribution >= 4 is 23.3 Å². The maximum absolute atomic E-state index is 12.4. The van der Waals surface area contributed by atoms with E-state index in [4.69, 9.17) is 11.6 Å². The molecule has 0 fully saturated rings. The second-order valence-corrected chi connectivity index (χ2v) is 6.48. The molecular formula is C17H22ClN5O. The first-order valence-electron chi connectivity index (χ1n) is 8.31. The van der Waals surface area contributed by atoms with Crippen molar-refractivity contribution in [2.45, 2.75) is 51.7 Å². The van der Waals surface area contributed by atoms with E-state index in [1.807, 2.05) is 17.8 Å². The van der Waals surface area contributed by atoms with E-state index in [-0.39, 0.29) is 18.0 Å². The van der Waals surface area contributed by atoms with Crippen LogP contribution in [0.3, 0.4) is 0 Å². The van der Waals surface area contributed by atoms with Gasteiger partial charge in [-0.15, -0.1) is 0 Å². The quantitative estimate of drug-likeness (QED) is 0.872. The van der Waals surface area contributed by atoms with Crippen LogP contribution in [0.2, 0.25) is 5.02 Å². The minimum atomic E-state index is -0.330. The fourth-order valence-corrected chi connectivity index (χ4v) is 3.24. The largest absolute Gasteiger partial charge is 0.309 e. The molecular weight excluding hydrogens is 326 g/mol. The minimum Gasteiger partial charge on any atom is -0.309 e. The molecule has 0 unspecified atom stereocenters. The molecule has 2 heterocycles. The number of pyridine rings is 1. The van der Waals surface area contributed by atoms with Gasteiger partial charge in [-0.1, -0.05) is 11.6 Å². The number of amides is 1. The van der Waals surface area contributed by atoms with E-state index in [1.165, 1.54) is 17.5 Å². The van der Waals surface area contributed by atoms with E-state index in [2.05, 4.69) is 27.6 Å².